The van der Waals surface area contributed by atoms with E-state index in [4.69, 9.17) is 23.2 Å². The minimum absolute atomic E-state index is 0.0133. The standard InChI is InChI=1S/C36H36BrCl2N3O4S/c37-28-18-16-27(17-19-28)24-41(34(22-26-10-4-1-5-11-26)36(44)40-30-12-6-2-7-13-30)35(43)25-42(33-23-29(38)20-21-32(33)39)47(45,46)31-14-8-3-9-15-31/h1,3-5,8-11,14-21,23,30,34H,2,6-7,12-13,22,24-25H2,(H,40,44)/t34-/m1/s1. The normalized spacial score (nSPS) is 14.3. The van der Waals surface area contributed by atoms with E-state index in [0.717, 1.165) is 52.0 Å². The molecule has 5 rings (SSSR count). The fraction of sp³-hybridized carbons (Fsp3) is 0.278. The summed E-state index contributed by atoms with van der Waals surface area (Å²) >= 11 is 16.3. The first-order valence-corrected chi connectivity index (χ1v) is 18.5. The number of sulfonamides is 1. The van der Waals surface area contributed by atoms with Gasteiger partial charge < -0.3 is 10.2 Å². The molecule has 2 amide bonds. The van der Waals surface area contributed by atoms with E-state index in [1.807, 2.05) is 54.6 Å². The number of benzene rings is 4. The molecule has 0 saturated heterocycles. The zero-order valence-corrected chi connectivity index (χ0v) is 29.6. The van der Waals surface area contributed by atoms with Gasteiger partial charge in [-0.3, -0.25) is 13.9 Å². The molecule has 4 aromatic carbocycles. The molecule has 1 N–H and O–H groups in total. The summed E-state index contributed by atoms with van der Waals surface area (Å²) in [4.78, 5) is 30.3. The number of hydrogen-bond donors (Lipinski definition) is 1. The van der Waals surface area contributed by atoms with Crippen molar-refractivity contribution in [3.63, 3.8) is 0 Å². The van der Waals surface area contributed by atoms with E-state index in [-0.39, 0.29) is 45.5 Å². The highest BCUT2D eigenvalue weighted by atomic mass is 79.9. The molecule has 11 heteroatoms. The van der Waals surface area contributed by atoms with Crippen LogP contribution in [-0.4, -0.2) is 43.8 Å². The third-order valence-electron chi connectivity index (χ3n) is 8.28. The number of nitrogens with zero attached hydrogens (tertiary/aromatic N) is 2. The summed E-state index contributed by atoms with van der Waals surface area (Å²) in [5.74, 6) is -0.840. The number of hydrogen-bond acceptors (Lipinski definition) is 4. The molecule has 7 nitrogen and oxygen atoms in total. The number of anilines is 1. The first-order valence-electron chi connectivity index (χ1n) is 15.5. The van der Waals surface area contributed by atoms with Crippen LogP contribution >= 0.6 is 39.1 Å². The number of rotatable bonds is 12. The van der Waals surface area contributed by atoms with Crippen LogP contribution in [0.5, 0.6) is 0 Å². The van der Waals surface area contributed by atoms with Crippen molar-refractivity contribution >= 4 is 66.7 Å². The van der Waals surface area contributed by atoms with Crippen LogP contribution in [0.15, 0.2) is 112 Å². The average Bonchev–Trinajstić information content (AvgIpc) is 3.08. The summed E-state index contributed by atoms with van der Waals surface area (Å²) in [7, 11) is -4.29. The summed E-state index contributed by atoms with van der Waals surface area (Å²) in [5, 5.41) is 3.58. The summed E-state index contributed by atoms with van der Waals surface area (Å²) in [6.45, 7) is -0.542. The van der Waals surface area contributed by atoms with Gasteiger partial charge >= 0.3 is 0 Å². The lowest BCUT2D eigenvalue weighted by Gasteiger charge is -2.35. The largest absolute Gasteiger partial charge is 0.352 e. The van der Waals surface area contributed by atoms with Crippen LogP contribution in [0.1, 0.15) is 43.2 Å². The highest BCUT2D eigenvalue weighted by molar-refractivity contribution is 9.10. The Morgan fingerprint density at radius 3 is 2.13 bits per heavy atom. The Morgan fingerprint density at radius 2 is 1.47 bits per heavy atom. The summed E-state index contributed by atoms with van der Waals surface area (Å²) < 4.78 is 30.2. The Balaban J connectivity index is 1.58. The summed E-state index contributed by atoms with van der Waals surface area (Å²) in [6.07, 6.45) is 5.18. The predicted octanol–water partition coefficient (Wildman–Crippen LogP) is 8.04. The molecule has 0 bridgehead atoms. The van der Waals surface area contributed by atoms with Crippen LogP contribution in [0, 0.1) is 0 Å². The molecular formula is C36H36BrCl2N3O4S. The van der Waals surface area contributed by atoms with Crippen molar-refractivity contribution < 1.29 is 18.0 Å². The molecule has 0 unspecified atom stereocenters. The number of amides is 2. The maximum atomic E-state index is 14.7. The molecule has 0 heterocycles. The lowest BCUT2D eigenvalue weighted by molar-refractivity contribution is -0.140. The Bertz CT molecular complexity index is 1770. The molecule has 246 valence electrons. The Kier molecular flexibility index (Phi) is 12.0. The quantitative estimate of drug-likeness (QED) is 0.159. The van der Waals surface area contributed by atoms with Crippen LogP contribution < -0.4 is 9.62 Å². The van der Waals surface area contributed by atoms with E-state index in [9.17, 15) is 18.0 Å². The second-order valence-electron chi connectivity index (χ2n) is 11.6. The molecule has 0 spiro atoms. The van der Waals surface area contributed by atoms with E-state index in [2.05, 4.69) is 21.2 Å². The van der Waals surface area contributed by atoms with Crippen LogP contribution in [0.2, 0.25) is 10.0 Å². The van der Waals surface area contributed by atoms with Gasteiger partial charge in [0.05, 0.1) is 15.6 Å². The molecule has 0 aliphatic heterocycles. The molecule has 1 aliphatic carbocycles. The number of halogens is 3. The molecule has 1 aliphatic rings. The van der Waals surface area contributed by atoms with Crippen LogP contribution in [-0.2, 0) is 32.6 Å². The van der Waals surface area contributed by atoms with Gasteiger partial charge in [-0.05, 0) is 66.4 Å². The number of nitrogens with one attached hydrogen (secondary N) is 1. The van der Waals surface area contributed by atoms with Crippen LogP contribution in [0.25, 0.3) is 0 Å². The van der Waals surface area contributed by atoms with Gasteiger partial charge in [0.15, 0.2) is 0 Å². The highest BCUT2D eigenvalue weighted by Crippen LogP contribution is 2.33. The average molecular weight is 758 g/mol. The fourth-order valence-electron chi connectivity index (χ4n) is 5.79. The lowest BCUT2D eigenvalue weighted by Crippen LogP contribution is -2.55. The van der Waals surface area contributed by atoms with Gasteiger partial charge in [0.1, 0.15) is 12.6 Å². The zero-order valence-electron chi connectivity index (χ0n) is 25.7. The highest BCUT2D eigenvalue weighted by Gasteiger charge is 2.36. The zero-order chi connectivity index (χ0) is 33.4. The van der Waals surface area contributed by atoms with Gasteiger partial charge in [-0.1, -0.05) is 119 Å². The Labute approximate surface area is 295 Å². The molecule has 0 radical (unpaired) electrons. The van der Waals surface area contributed by atoms with Crippen molar-refractivity contribution in [2.75, 3.05) is 10.8 Å². The van der Waals surface area contributed by atoms with Gasteiger partial charge in [0.25, 0.3) is 10.0 Å². The molecule has 1 fully saturated rings. The number of carbonyl (C=O) groups excluding carboxylic acids is 2. The molecule has 0 aromatic heterocycles. The molecule has 47 heavy (non-hydrogen) atoms. The fourth-order valence-corrected chi connectivity index (χ4v) is 7.94. The summed E-state index contributed by atoms with van der Waals surface area (Å²) in [6, 6.07) is 28.4. The van der Waals surface area contributed by atoms with Gasteiger partial charge in [0, 0.05) is 28.5 Å². The smallest absolute Gasteiger partial charge is 0.264 e. The molecule has 1 saturated carbocycles. The minimum atomic E-state index is -4.29. The van der Waals surface area contributed by atoms with E-state index in [1.165, 1.54) is 29.2 Å². The van der Waals surface area contributed by atoms with Gasteiger partial charge in [-0.2, -0.15) is 0 Å². The van der Waals surface area contributed by atoms with Crippen molar-refractivity contribution in [3.8, 4) is 0 Å². The molecule has 4 aromatic rings. The molecular weight excluding hydrogens is 721 g/mol. The van der Waals surface area contributed by atoms with Crippen molar-refractivity contribution in [1.29, 1.82) is 0 Å². The van der Waals surface area contributed by atoms with E-state index < -0.39 is 28.5 Å². The van der Waals surface area contributed by atoms with Gasteiger partial charge in [-0.15, -0.1) is 0 Å². The lowest BCUT2D eigenvalue weighted by atomic mass is 9.94. The van der Waals surface area contributed by atoms with E-state index in [0.29, 0.717) is 0 Å². The monoisotopic (exact) mass is 755 g/mol. The SMILES string of the molecule is O=C(NC1CCCCC1)[C@@H](Cc1ccccc1)N(Cc1ccc(Br)cc1)C(=O)CN(c1cc(Cl)ccc1Cl)S(=O)(=O)c1ccccc1. The Morgan fingerprint density at radius 1 is 0.830 bits per heavy atom. The van der Waals surface area contributed by atoms with Crippen LogP contribution in [0.4, 0.5) is 5.69 Å². The third-order valence-corrected chi connectivity index (χ3v) is 11.1. The molecule has 1 atom stereocenters. The topological polar surface area (TPSA) is 86.8 Å². The third kappa shape index (κ3) is 9.16. The van der Waals surface area contributed by atoms with Crippen molar-refractivity contribution in [2.45, 2.75) is 62.0 Å². The van der Waals surface area contributed by atoms with Crippen molar-refractivity contribution in [1.82, 2.24) is 10.2 Å². The van der Waals surface area contributed by atoms with Crippen LogP contribution in [0.3, 0.4) is 0 Å². The maximum Gasteiger partial charge on any atom is 0.264 e. The first kappa shape index (κ1) is 35.0. The van der Waals surface area contributed by atoms with Gasteiger partial charge in [0.2, 0.25) is 11.8 Å². The number of carbonyl (C=O) groups is 2. The second-order valence-corrected chi connectivity index (χ2v) is 15.2. The Hall–Kier alpha value is -3.37. The minimum Gasteiger partial charge on any atom is -0.352 e. The van der Waals surface area contributed by atoms with Crippen molar-refractivity contribution in [3.05, 3.63) is 129 Å². The van der Waals surface area contributed by atoms with Gasteiger partial charge in [-0.25, -0.2) is 8.42 Å². The van der Waals surface area contributed by atoms with E-state index >= 15 is 0 Å². The maximum absolute atomic E-state index is 14.7. The van der Waals surface area contributed by atoms with Crippen molar-refractivity contribution in [2.24, 2.45) is 0 Å². The predicted molar refractivity (Wildman–Crippen MR) is 191 cm³/mol. The summed E-state index contributed by atoms with van der Waals surface area (Å²) in [5.41, 5.74) is 1.71. The second kappa shape index (κ2) is 16.2. The van der Waals surface area contributed by atoms with E-state index in [1.54, 1.807) is 24.3 Å². The first-order chi connectivity index (χ1) is 22.6.